The van der Waals surface area contributed by atoms with Crippen LogP contribution in [0.5, 0.6) is 0 Å². The van der Waals surface area contributed by atoms with Gasteiger partial charge in [0.1, 0.15) is 0 Å². The minimum absolute atomic E-state index is 0.281. The topological polar surface area (TPSA) is 38.7 Å². The number of halogens is 1. The van der Waals surface area contributed by atoms with E-state index in [0.717, 1.165) is 10.6 Å². The van der Waals surface area contributed by atoms with Crippen molar-refractivity contribution < 1.29 is 9.53 Å². The van der Waals surface area contributed by atoms with Crippen LogP contribution in [0.3, 0.4) is 0 Å². The van der Waals surface area contributed by atoms with Crippen LogP contribution >= 0.6 is 23.4 Å². The van der Waals surface area contributed by atoms with Crippen molar-refractivity contribution in [3.63, 3.8) is 0 Å². The quantitative estimate of drug-likeness (QED) is 0.762. The number of ether oxygens (including phenoxy) is 1. The van der Waals surface area contributed by atoms with Gasteiger partial charge in [0.25, 0.3) is 0 Å². The third kappa shape index (κ3) is 2.39. The van der Waals surface area contributed by atoms with Crippen LogP contribution in [-0.2, 0) is 9.53 Å². The number of nitrogens with zero attached hydrogens (tertiary/aromatic N) is 1. The number of hydrogen-bond donors (Lipinski definition) is 0. The van der Waals surface area contributed by atoms with Gasteiger partial charge in [-0.1, -0.05) is 23.7 Å². The molecule has 1 aliphatic rings. The van der Waals surface area contributed by atoms with Gasteiger partial charge in [0.05, 0.1) is 12.2 Å². The van der Waals surface area contributed by atoms with E-state index in [0.29, 0.717) is 10.8 Å². The Kier molecular flexibility index (Phi) is 3.51. The molecule has 0 bridgehead atoms. The molecule has 1 aliphatic heterocycles. The summed E-state index contributed by atoms with van der Waals surface area (Å²) in [4.78, 5) is 15.6. The maximum Gasteiger partial charge on any atom is 0.331 e. The molecule has 0 fully saturated rings. The average Bonchev–Trinajstić information content (AvgIpc) is 2.78. The molecule has 84 valence electrons. The van der Waals surface area contributed by atoms with Crippen molar-refractivity contribution in [2.75, 3.05) is 12.9 Å². The normalized spacial score (nSPS) is 19.4. The number of carbonyl (C=O) groups excluding carboxylic acids is 1. The molecule has 1 heterocycles. The Bertz CT molecular complexity index is 430. The Labute approximate surface area is 103 Å². The maximum atomic E-state index is 11.3. The molecule has 0 spiro atoms. The summed E-state index contributed by atoms with van der Waals surface area (Å²) in [6, 6.07) is 7.04. The number of aliphatic imine (C=N–C) groups is 1. The fourth-order valence-electron chi connectivity index (χ4n) is 1.38. The molecule has 3 nitrogen and oxygen atoms in total. The fraction of sp³-hybridized carbons (Fsp3) is 0.273. The zero-order valence-electron chi connectivity index (χ0n) is 8.64. The van der Waals surface area contributed by atoms with Gasteiger partial charge in [-0.05, 0) is 12.1 Å². The van der Waals surface area contributed by atoms with Crippen molar-refractivity contribution in [3.8, 4) is 0 Å². The summed E-state index contributed by atoms with van der Waals surface area (Å²) in [5, 5.41) is 1.56. The zero-order chi connectivity index (χ0) is 11.5. The van der Waals surface area contributed by atoms with E-state index in [1.165, 1.54) is 7.11 Å². The monoisotopic (exact) mass is 255 g/mol. The largest absolute Gasteiger partial charge is 0.467 e. The second-order valence-corrected chi connectivity index (χ2v) is 4.74. The molecule has 1 aromatic carbocycles. The lowest BCUT2D eigenvalue weighted by molar-refractivity contribution is -0.141. The summed E-state index contributed by atoms with van der Waals surface area (Å²) < 4.78 is 4.66. The summed E-state index contributed by atoms with van der Waals surface area (Å²) in [5.41, 5.74) is 0.987. The smallest absolute Gasteiger partial charge is 0.331 e. The van der Waals surface area contributed by atoms with Crippen molar-refractivity contribution in [1.82, 2.24) is 0 Å². The minimum Gasteiger partial charge on any atom is -0.467 e. The van der Waals surface area contributed by atoms with E-state index < -0.39 is 0 Å². The van der Waals surface area contributed by atoms with Gasteiger partial charge >= 0.3 is 5.97 Å². The standard InChI is InChI=1S/C11H10ClNO2S/c1-15-11(14)9-6-16-10(13-9)7-2-4-8(12)5-3-7/h2-5,9H,6H2,1H3. The number of thioether (sulfide) groups is 1. The van der Waals surface area contributed by atoms with Gasteiger partial charge < -0.3 is 4.74 Å². The molecule has 0 aromatic heterocycles. The van der Waals surface area contributed by atoms with Crippen LogP contribution < -0.4 is 0 Å². The lowest BCUT2D eigenvalue weighted by Gasteiger charge is -2.00. The molecule has 1 aromatic rings. The molecule has 1 atom stereocenters. The van der Waals surface area contributed by atoms with Crippen molar-refractivity contribution in [1.29, 1.82) is 0 Å². The predicted octanol–water partition coefficient (Wildman–Crippen LogP) is 2.38. The highest BCUT2D eigenvalue weighted by molar-refractivity contribution is 8.14. The lowest BCUT2D eigenvalue weighted by atomic mass is 10.2. The number of esters is 1. The first-order chi connectivity index (χ1) is 7.70. The third-order valence-electron chi connectivity index (χ3n) is 2.22. The molecule has 0 radical (unpaired) electrons. The highest BCUT2D eigenvalue weighted by Crippen LogP contribution is 2.24. The Morgan fingerprint density at radius 1 is 1.50 bits per heavy atom. The molecule has 1 unspecified atom stereocenters. The minimum atomic E-state index is -0.374. The highest BCUT2D eigenvalue weighted by atomic mass is 35.5. The van der Waals surface area contributed by atoms with E-state index in [1.54, 1.807) is 11.8 Å². The molecule has 5 heteroatoms. The van der Waals surface area contributed by atoms with E-state index in [2.05, 4.69) is 9.73 Å². The van der Waals surface area contributed by atoms with E-state index >= 15 is 0 Å². The van der Waals surface area contributed by atoms with Gasteiger partial charge in [0.15, 0.2) is 6.04 Å². The molecule has 2 rings (SSSR count). The summed E-state index contributed by atoms with van der Waals surface area (Å²) in [5.74, 6) is 0.362. The van der Waals surface area contributed by atoms with Crippen molar-refractivity contribution in [2.24, 2.45) is 4.99 Å². The lowest BCUT2D eigenvalue weighted by Crippen LogP contribution is -2.19. The highest BCUT2D eigenvalue weighted by Gasteiger charge is 2.26. The number of hydrogen-bond acceptors (Lipinski definition) is 4. The van der Waals surface area contributed by atoms with Crippen molar-refractivity contribution in [3.05, 3.63) is 34.9 Å². The number of methoxy groups -OCH3 is 1. The van der Waals surface area contributed by atoms with Crippen molar-refractivity contribution in [2.45, 2.75) is 6.04 Å². The van der Waals surface area contributed by atoms with E-state index in [9.17, 15) is 4.79 Å². The molecule has 0 saturated carbocycles. The second-order valence-electron chi connectivity index (χ2n) is 3.29. The summed E-state index contributed by atoms with van der Waals surface area (Å²) in [7, 11) is 1.38. The molecular formula is C11H10ClNO2S. The molecule has 0 amide bonds. The first-order valence-electron chi connectivity index (χ1n) is 4.75. The number of rotatable bonds is 2. The van der Waals surface area contributed by atoms with E-state index in [4.69, 9.17) is 11.6 Å². The van der Waals surface area contributed by atoms with Gasteiger partial charge in [-0.15, -0.1) is 11.8 Å². The van der Waals surface area contributed by atoms with Crippen LogP contribution in [-0.4, -0.2) is 29.9 Å². The average molecular weight is 256 g/mol. The maximum absolute atomic E-state index is 11.3. The fourth-order valence-corrected chi connectivity index (χ4v) is 2.54. The summed E-state index contributed by atoms with van der Waals surface area (Å²) in [6.45, 7) is 0. The van der Waals surface area contributed by atoms with Gasteiger partial charge in [-0.2, -0.15) is 0 Å². The first kappa shape index (κ1) is 11.5. The Morgan fingerprint density at radius 3 is 2.81 bits per heavy atom. The molecule has 0 aliphatic carbocycles. The van der Waals surface area contributed by atoms with Crippen LogP contribution in [0.4, 0.5) is 0 Å². The second kappa shape index (κ2) is 4.89. The van der Waals surface area contributed by atoms with Crippen LogP contribution in [0.15, 0.2) is 29.3 Å². The first-order valence-corrected chi connectivity index (χ1v) is 6.11. The SMILES string of the molecule is COC(=O)C1CSC(c2ccc(Cl)cc2)=N1. The van der Waals surface area contributed by atoms with Crippen LogP contribution in [0.1, 0.15) is 5.56 Å². The molecular weight excluding hydrogens is 246 g/mol. The zero-order valence-corrected chi connectivity index (χ0v) is 10.2. The Balaban J connectivity index is 2.17. The molecule has 16 heavy (non-hydrogen) atoms. The van der Waals surface area contributed by atoms with Crippen LogP contribution in [0.25, 0.3) is 0 Å². The molecule has 0 N–H and O–H groups in total. The molecule has 0 saturated heterocycles. The van der Waals surface area contributed by atoms with Crippen molar-refractivity contribution >= 4 is 34.4 Å². The van der Waals surface area contributed by atoms with Gasteiger partial charge in [-0.25, -0.2) is 4.79 Å². The van der Waals surface area contributed by atoms with Gasteiger partial charge in [0.2, 0.25) is 0 Å². The van der Waals surface area contributed by atoms with E-state index in [-0.39, 0.29) is 12.0 Å². The van der Waals surface area contributed by atoms with E-state index in [1.807, 2.05) is 24.3 Å². The van der Waals surface area contributed by atoms with Gasteiger partial charge in [-0.3, -0.25) is 4.99 Å². The van der Waals surface area contributed by atoms with Gasteiger partial charge in [0, 0.05) is 16.3 Å². The predicted molar refractivity (Wildman–Crippen MR) is 66.3 cm³/mol. The Morgan fingerprint density at radius 2 is 2.19 bits per heavy atom. The number of carbonyl (C=O) groups is 1. The summed E-state index contributed by atoms with van der Waals surface area (Å²) in [6.07, 6.45) is 0. The van der Waals surface area contributed by atoms with Crippen LogP contribution in [0, 0.1) is 0 Å². The summed E-state index contributed by atoms with van der Waals surface area (Å²) >= 11 is 7.36. The number of benzene rings is 1. The van der Waals surface area contributed by atoms with Crippen LogP contribution in [0.2, 0.25) is 5.02 Å². The Hall–Kier alpha value is -1.00. The third-order valence-corrected chi connectivity index (χ3v) is 3.56.